The molecule has 1 aliphatic rings. The number of hydrogen-bond acceptors (Lipinski definition) is 6. The summed E-state index contributed by atoms with van der Waals surface area (Å²) < 4.78 is 11.4. The van der Waals surface area contributed by atoms with Crippen LogP contribution in [0.2, 0.25) is 5.02 Å². The molecule has 7 nitrogen and oxygen atoms in total. The molecule has 0 N–H and O–H groups in total. The van der Waals surface area contributed by atoms with Gasteiger partial charge in [-0.1, -0.05) is 48.9 Å². The predicted molar refractivity (Wildman–Crippen MR) is 114 cm³/mol. The molecular weight excluding hydrogens is 418 g/mol. The van der Waals surface area contributed by atoms with Crippen LogP contribution in [0.4, 0.5) is 0 Å². The molecular formula is C23H22ClN3O4. The van der Waals surface area contributed by atoms with Gasteiger partial charge < -0.3 is 14.1 Å². The third-order valence-electron chi connectivity index (χ3n) is 5.21. The molecule has 0 saturated carbocycles. The number of cyclic esters (lactones) is 1. The first-order valence-corrected chi connectivity index (χ1v) is 10.5. The second kappa shape index (κ2) is 8.51. The lowest BCUT2D eigenvalue weighted by Crippen LogP contribution is -2.53. The Bertz CT molecular complexity index is 1130. The van der Waals surface area contributed by atoms with Crippen LogP contribution in [0.25, 0.3) is 11.5 Å². The first-order chi connectivity index (χ1) is 14.9. The molecule has 1 aromatic heterocycles. The predicted octanol–water partition coefficient (Wildman–Crippen LogP) is 4.30. The molecule has 1 aliphatic heterocycles. The molecule has 0 fully saturated rings. The van der Waals surface area contributed by atoms with Crippen molar-refractivity contribution in [2.45, 2.75) is 38.8 Å². The normalized spacial score (nSPS) is 17.7. The van der Waals surface area contributed by atoms with Crippen LogP contribution in [0.15, 0.2) is 52.9 Å². The van der Waals surface area contributed by atoms with Crippen LogP contribution in [0, 0.1) is 0 Å². The van der Waals surface area contributed by atoms with Crippen molar-refractivity contribution in [3.8, 4) is 11.5 Å². The van der Waals surface area contributed by atoms with Crippen LogP contribution < -0.4 is 0 Å². The molecule has 8 heteroatoms. The molecule has 1 amide bonds. The number of esters is 1. The Morgan fingerprint density at radius 3 is 2.58 bits per heavy atom. The van der Waals surface area contributed by atoms with E-state index in [-0.39, 0.29) is 24.2 Å². The Morgan fingerprint density at radius 1 is 1.13 bits per heavy atom. The van der Waals surface area contributed by atoms with Crippen molar-refractivity contribution in [3.05, 3.63) is 70.6 Å². The second-order valence-corrected chi connectivity index (χ2v) is 8.07. The number of carbonyl (C=O) groups is 2. The Hall–Kier alpha value is -3.19. The summed E-state index contributed by atoms with van der Waals surface area (Å²) in [6, 6.07) is 14.3. The van der Waals surface area contributed by atoms with Crippen molar-refractivity contribution >= 4 is 23.5 Å². The number of amides is 1. The zero-order chi connectivity index (χ0) is 22.0. The van der Waals surface area contributed by atoms with E-state index in [4.69, 9.17) is 20.8 Å². The summed E-state index contributed by atoms with van der Waals surface area (Å²) in [6.45, 7) is 4.18. The summed E-state index contributed by atoms with van der Waals surface area (Å²) in [5, 5.41) is 8.65. The average Bonchev–Trinajstić information content (AvgIpc) is 3.21. The highest BCUT2D eigenvalue weighted by Crippen LogP contribution is 2.31. The second-order valence-electron chi connectivity index (χ2n) is 7.66. The van der Waals surface area contributed by atoms with Gasteiger partial charge in [0.2, 0.25) is 11.8 Å². The summed E-state index contributed by atoms with van der Waals surface area (Å²) in [5.41, 5.74) is 0.619. The minimum absolute atomic E-state index is 0.110. The molecule has 0 radical (unpaired) electrons. The number of benzene rings is 2. The molecule has 31 heavy (non-hydrogen) atoms. The van der Waals surface area contributed by atoms with Crippen LogP contribution in [-0.4, -0.2) is 39.1 Å². The molecule has 0 saturated heterocycles. The number of carbonyl (C=O) groups excluding carboxylic acids is 2. The van der Waals surface area contributed by atoms with E-state index in [1.807, 2.05) is 31.2 Å². The summed E-state index contributed by atoms with van der Waals surface area (Å²) in [5.74, 6) is -0.223. The fourth-order valence-electron chi connectivity index (χ4n) is 3.73. The fourth-order valence-corrected chi connectivity index (χ4v) is 3.95. The van der Waals surface area contributed by atoms with Crippen molar-refractivity contribution in [3.63, 3.8) is 0 Å². The van der Waals surface area contributed by atoms with E-state index >= 15 is 0 Å². The Morgan fingerprint density at radius 2 is 1.84 bits per heavy atom. The topological polar surface area (TPSA) is 85.5 Å². The molecule has 0 spiro atoms. The van der Waals surface area contributed by atoms with Crippen LogP contribution >= 0.6 is 11.6 Å². The fraction of sp³-hybridized carbons (Fsp3) is 0.304. The largest absolute Gasteiger partial charge is 0.445 e. The maximum atomic E-state index is 13.4. The van der Waals surface area contributed by atoms with E-state index in [1.54, 1.807) is 36.1 Å². The highest BCUT2D eigenvalue weighted by atomic mass is 35.5. The van der Waals surface area contributed by atoms with E-state index in [0.29, 0.717) is 29.1 Å². The average molecular weight is 440 g/mol. The third-order valence-corrected chi connectivity index (χ3v) is 5.54. The molecule has 4 rings (SSSR count). The van der Waals surface area contributed by atoms with Gasteiger partial charge in [-0.15, -0.1) is 10.2 Å². The maximum absolute atomic E-state index is 13.4. The van der Waals surface area contributed by atoms with E-state index in [1.165, 1.54) is 0 Å². The van der Waals surface area contributed by atoms with Gasteiger partial charge in [-0.2, -0.15) is 0 Å². The number of nitrogens with zero attached hydrogens (tertiary/aromatic N) is 3. The molecule has 160 valence electrons. The Balaban J connectivity index is 1.56. The first-order valence-electron chi connectivity index (χ1n) is 10.1. The molecule has 2 aromatic carbocycles. The van der Waals surface area contributed by atoms with Gasteiger partial charge >= 0.3 is 5.97 Å². The minimum Gasteiger partial charge on any atom is -0.445 e. The molecule has 1 atom stereocenters. The third kappa shape index (κ3) is 4.18. The van der Waals surface area contributed by atoms with E-state index < -0.39 is 11.6 Å². The smallest absolute Gasteiger partial charge is 0.339 e. The number of rotatable bonds is 6. The summed E-state index contributed by atoms with van der Waals surface area (Å²) in [4.78, 5) is 27.5. The number of halogens is 1. The van der Waals surface area contributed by atoms with Gasteiger partial charge in [-0.05, 0) is 37.1 Å². The first kappa shape index (κ1) is 21.1. The zero-order valence-electron chi connectivity index (χ0n) is 17.3. The van der Waals surface area contributed by atoms with E-state index in [2.05, 4.69) is 10.2 Å². The molecule has 0 aliphatic carbocycles. The quantitative estimate of drug-likeness (QED) is 0.532. The van der Waals surface area contributed by atoms with Gasteiger partial charge in [0.15, 0.2) is 5.60 Å². The lowest BCUT2D eigenvalue weighted by Gasteiger charge is -2.36. The lowest BCUT2D eigenvalue weighted by molar-refractivity contribution is -0.152. The molecule has 1 unspecified atom stereocenters. The van der Waals surface area contributed by atoms with Crippen molar-refractivity contribution < 1.29 is 18.7 Å². The van der Waals surface area contributed by atoms with Crippen molar-refractivity contribution in [2.75, 3.05) is 6.54 Å². The molecule has 0 bridgehead atoms. The van der Waals surface area contributed by atoms with Gasteiger partial charge in [0.05, 0.1) is 22.7 Å². The Labute approximate surface area is 185 Å². The number of aromatic nitrogens is 2. The van der Waals surface area contributed by atoms with E-state index in [0.717, 1.165) is 12.0 Å². The van der Waals surface area contributed by atoms with Crippen molar-refractivity contribution in [2.24, 2.45) is 0 Å². The summed E-state index contributed by atoms with van der Waals surface area (Å²) in [6.07, 6.45) is 1.03. The number of ether oxygens (including phenoxy) is 1. The van der Waals surface area contributed by atoms with Crippen LogP contribution in [0.5, 0.6) is 0 Å². The maximum Gasteiger partial charge on any atom is 0.339 e. The van der Waals surface area contributed by atoms with Gasteiger partial charge in [0.25, 0.3) is 5.91 Å². The summed E-state index contributed by atoms with van der Waals surface area (Å²) >= 11 is 6.21. The van der Waals surface area contributed by atoms with Gasteiger partial charge in [0.1, 0.15) is 0 Å². The highest BCUT2D eigenvalue weighted by Gasteiger charge is 2.45. The minimum atomic E-state index is -1.30. The number of fused-ring (bicyclic) bond motifs is 1. The SMILES string of the molecule is CCCN(Cc1nnc(-c2ccccc2Cl)o1)C(=O)C1(C)Cc2ccccc2C(=O)O1. The van der Waals surface area contributed by atoms with Gasteiger partial charge in [-0.3, -0.25) is 4.79 Å². The standard InChI is InChI=1S/C23H22ClN3O4/c1-3-12-27(14-19-25-26-20(30-19)17-10-6-7-11-18(17)24)22(29)23(2)13-15-8-4-5-9-16(15)21(28)31-23/h4-11H,3,12-14H2,1-2H3. The van der Waals surface area contributed by atoms with Gasteiger partial charge in [-0.25, -0.2) is 4.79 Å². The van der Waals surface area contributed by atoms with Crippen molar-refractivity contribution in [1.82, 2.24) is 15.1 Å². The highest BCUT2D eigenvalue weighted by molar-refractivity contribution is 6.33. The summed E-state index contributed by atoms with van der Waals surface area (Å²) in [7, 11) is 0. The van der Waals surface area contributed by atoms with Gasteiger partial charge in [0, 0.05) is 13.0 Å². The monoisotopic (exact) mass is 439 g/mol. The number of hydrogen-bond donors (Lipinski definition) is 0. The van der Waals surface area contributed by atoms with Crippen LogP contribution in [0.1, 0.15) is 42.1 Å². The lowest BCUT2D eigenvalue weighted by atomic mass is 9.89. The Kier molecular flexibility index (Phi) is 5.78. The van der Waals surface area contributed by atoms with E-state index in [9.17, 15) is 9.59 Å². The molecule has 2 heterocycles. The van der Waals surface area contributed by atoms with Crippen LogP contribution in [-0.2, 0) is 22.5 Å². The van der Waals surface area contributed by atoms with Crippen LogP contribution in [0.3, 0.4) is 0 Å². The molecule has 3 aromatic rings. The zero-order valence-corrected chi connectivity index (χ0v) is 18.1. The van der Waals surface area contributed by atoms with Crippen molar-refractivity contribution in [1.29, 1.82) is 0 Å².